The Hall–Kier alpha value is -1.93. The van der Waals surface area contributed by atoms with Crippen LogP contribution in [0.25, 0.3) is 0 Å². The first-order chi connectivity index (χ1) is 11.5. The summed E-state index contributed by atoms with van der Waals surface area (Å²) in [4.78, 5) is 0. The van der Waals surface area contributed by atoms with Crippen molar-refractivity contribution in [3.63, 3.8) is 0 Å². The Labute approximate surface area is 139 Å². The van der Waals surface area contributed by atoms with E-state index < -0.39 is 35.1 Å². The summed E-state index contributed by atoms with van der Waals surface area (Å²) in [7, 11) is 1.15. The van der Waals surface area contributed by atoms with Crippen LogP contribution in [0.1, 0.15) is 25.3 Å². The van der Waals surface area contributed by atoms with Gasteiger partial charge >= 0.3 is 17.8 Å². The van der Waals surface area contributed by atoms with E-state index >= 15 is 0 Å². The van der Waals surface area contributed by atoms with Gasteiger partial charge in [-0.1, -0.05) is 19.4 Å². The van der Waals surface area contributed by atoms with Crippen LogP contribution in [0.4, 0.5) is 30.7 Å². The maximum Gasteiger partial charge on any atom is 0.386 e. The molecule has 25 heavy (non-hydrogen) atoms. The van der Waals surface area contributed by atoms with Crippen LogP contribution in [0, 0.1) is 0 Å². The molecule has 0 amide bonds. The van der Waals surface area contributed by atoms with Crippen molar-refractivity contribution in [1.29, 1.82) is 0 Å². The number of alkyl halides is 6. The Kier molecular flexibility index (Phi) is 4.98. The standard InChI is InChI=1S/C16H15F7O2/c1-3-4-5-9-6-7-10(11(8-9)24-2)25-13-12(17)14(18,19)16(22,23)15(13,20)21/h6-8H,3-5H2,1-2H3. The zero-order valence-corrected chi connectivity index (χ0v) is 13.3. The topological polar surface area (TPSA) is 18.5 Å². The average molecular weight is 372 g/mol. The molecule has 0 fully saturated rings. The monoisotopic (exact) mass is 372 g/mol. The number of hydrogen-bond donors (Lipinski definition) is 0. The molecule has 1 aliphatic rings. The summed E-state index contributed by atoms with van der Waals surface area (Å²) in [5, 5.41) is 0. The first-order valence-corrected chi connectivity index (χ1v) is 7.39. The van der Waals surface area contributed by atoms with Crippen molar-refractivity contribution < 1.29 is 40.2 Å². The molecule has 0 spiro atoms. The van der Waals surface area contributed by atoms with E-state index in [0.717, 1.165) is 31.6 Å². The molecule has 0 aliphatic heterocycles. The summed E-state index contributed by atoms with van der Waals surface area (Å²) >= 11 is 0. The smallest absolute Gasteiger partial charge is 0.386 e. The lowest BCUT2D eigenvalue weighted by Gasteiger charge is -2.24. The minimum absolute atomic E-state index is 0.164. The number of halogens is 7. The number of unbranched alkanes of at least 4 members (excludes halogenated alkanes) is 1. The normalized spacial score (nSPS) is 20.7. The highest BCUT2D eigenvalue weighted by atomic mass is 19.3. The van der Waals surface area contributed by atoms with Crippen LogP contribution < -0.4 is 9.47 Å². The third kappa shape index (κ3) is 2.93. The first kappa shape index (κ1) is 19.4. The number of ether oxygens (including phenoxy) is 2. The Morgan fingerprint density at radius 3 is 2.08 bits per heavy atom. The summed E-state index contributed by atoms with van der Waals surface area (Å²) in [6.07, 6.45) is 2.32. The number of rotatable bonds is 6. The number of benzene rings is 1. The second-order valence-corrected chi connectivity index (χ2v) is 5.56. The van der Waals surface area contributed by atoms with Crippen LogP contribution in [0.2, 0.25) is 0 Å². The largest absolute Gasteiger partial charge is 0.493 e. The summed E-state index contributed by atoms with van der Waals surface area (Å²) in [6, 6.07) is 3.89. The van der Waals surface area contributed by atoms with Crippen molar-refractivity contribution in [3.05, 3.63) is 35.3 Å². The third-order valence-electron chi connectivity index (χ3n) is 3.81. The van der Waals surface area contributed by atoms with E-state index in [0.29, 0.717) is 6.42 Å². The molecule has 0 N–H and O–H groups in total. The Morgan fingerprint density at radius 1 is 0.960 bits per heavy atom. The summed E-state index contributed by atoms with van der Waals surface area (Å²) in [5.41, 5.74) is 0.731. The van der Waals surface area contributed by atoms with E-state index in [1.807, 2.05) is 6.92 Å². The van der Waals surface area contributed by atoms with Gasteiger partial charge in [0.05, 0.1) is 7.11 Å². The molecule has 1 aromatic carbocycles. The average Bonchev–Trinajstić information content (AvgIpc) is 2.64. The molecule has 2 rings (SSSR count). The molecule has 0 atom stereocenters. The Balaban J connectivity index is 2.40. The fourth-order valence-electron chi connectivity index (χ4n) is 2.31. The van der Waals surface area contributed by atoms with Gasteiger partial charge in [-0.3, -0.25) is 0 Å². The Morgan fingerprint density at radius 2 is 1.60 bits per heavy atom. The number of methoxy groups -OCH3 is 1. The highest BCUT2D eigenvalue weighted by molar-refractivity contribution is 5.46. The minimum Gasteiger partial charge on any atom is -0.493 e. The van der Waals surface area contributed by atoms with E-state index in [1.54, 1.807) is 0 Å². The molecule has 1 aromatic rings. The second kappa shape index (κ2) is 6.42. The zero-order valence-electron chi connectivity index (χ0n) is 13.3. The molecule has 0 radical (unpaired) electrons. The van der Waals surface area contributed by atoms with Crippen molar-refractivity contribution in [2.75, 3.05) is 7.11 Å². The Bertz CT molecular complexity index is 683. The van der Waals surface area contributed by atoms with Gasteiger partial charge in [0.1, 0.15) is 0 Å². The zero-order chi connectivity index (χ0) is 19.0. The van der Waals surface area contributed by atoms with Gasteiger partial charge < -0.3 is 9.47 Å². The molecule has 140 valence electrons. The van der Waals surface area contributed by atoms with Gasteiger partial charge in [-0.15, -0.1) is 0 Å². The van der Waals surface area contributed by atoms with Gasteiger partial charge in [-0.05, 0) is 30.5 Å². The summed E-state index contributed by atoms with van der Waals surface area (Å²) in [5.74, 6) is -23.3. The second-order valence-electron chi connectivity index (χ2n) is 5.56. The predicted molar refractivity (Wildman–Crippen MR) is 75.2 cm³/mol. The van der Waals surface area contributed by atoms with E-state index in [2.05, 4.69) is 4.74 Å². The molecule has 0 unspecified atom stereocenters. The van der Waals surface area contributed by atoms with Gasteiger partial charge in [0.25, 0.3) is 0 Å². The fourth-order valence-corrected chi connectivity index (χ4v) is 2.31. The summed E-state index contributed by atoms with van der Waals surface area (Å²) in [6.45, 7) is 1.95. The van der Waals surface area contributed by atoms with Crippen LogP contribution in [0.15, 0.2) is 29.8 Å². The van der Waals surface area contributed by atoms with E-state index in [-0.39, 0.29) is 5.75 Å². The van der Waals surface area contributed by atoms with Crippen molar-refractivity contribution in [1.82, 2.24) is 0 Å². The number of hydrogen-bond acceptors (Lipinski definition) is 2. The lowest BCUT2D eigenvalue weighted by molar-refractivity contribution is -0.272. The van der Waals surface area contributed by atoms with Crippen LogP contribution >= 0.6 is 0 Å². The van der Waals surface area contributed by atoms with Crippen molar-refractivity contribution in [3.8, 4) is 11.5 Å². The predicted octanol–water partition coefficient (Wildman–Crippen LogP) is 5.52. The van der Waals surface area contributed by atoms with Gasteiger partial charge in [0.15, 0.2) is 11.5 Å². The lowest BCUT2D eigenvalue weighted by Crippen LogP contribution is -2.49. The van der Waals surface area contributed by atoms with E-state index in [1.165, 1.54) is 12.1 Å². The molecule has 0 heterocycles. The minimum atomic E-state index is -5.94. The molecule has 1 aliphatic carbocycles. The molecule has 9 heteroatoms. The highest BCUT2D eigenvalue weighted by Crippen LogP contribution is 2.59. The van der Waals surface area contributed by atoms with Crippen molar-refractivity contribution in [2.45, 2.75) is 44.0 Å². The van der Waals surface area contributed by atoms with Crippen LogP contribution in [0.5, 0.6) is 11.5 Å². The quantitative estimate of drug-likeness (QED) is 0.613. The van der Waals surface area contributed by atoms with E-state index in [9.17, 15) is 30.7 Å². The number of allylic oxidation sites excluding steroid dienone is 2. The molecule has 0 bridgehead atoms. The first-order valence-electron chi connectivity index (χ1n) is 7.39. The number of aryl methyl sites for hydroxylation is 1. The van der Waals surface area contributed by atoms with E-state index in [4.69, 9.17) is 4.74 Å². The van der Waals surface area contributed by atoms with Crippen LogP contribution in [0.3, 0.4) is 0 Å². The molecule has 0 saturated carbocycles. The highest BCUT2D eigenvalue weighted by Gasteiger charge is 2.82. The van der Waals surface area contributed by atoms with Gasteiger partial charge in [-0.2, -0.15) is 26.3 Å². The fraction of sp³-hybridized carbons (Fsp3) is 0.500. The molecule has 0 aromatic heterocycles. The molecular formula is C16H15F7O2. The molecule has 0 saturated heterocycles. The maximum absolute atomic E-state index is 13.6. The van der Waals surface area contributed by atoms with Gasteiger partial charge in [-0.25, -0.2) is 4.39 Å². The van der Waals surface area contributed by atoms with Gasteiger partial charge in [0, 0.05) is 0 Å². The summed E-state index contributed by atoms with van der Waals surface area (Å²) < 4.78 is 103. The van der Waals surface area contributed by atoms with Crippen LogP contribution in [-0.2, 0) is 6.42 Å². The van der Waals surface area contributed by atoms with Crippen LogP contribution in [-0.4, -0.2) is 24.9 Å². The SMILES string of the molecule is CCCCc1ccc(OC2=C(F)C(F)(F)C(F)(F)C2(F)F)c(OC)c1. The van der Waals surface area contributed by atoms with Crippen molar-refractivity contribution in [2.24, 2.45) is 0 Å². The third-order valence-corrected chi connectivity index (χ3v) is 3.81. The van der Waals surface area contributed by atoms with Crippen molar-refractivity contribution >= 4 is 0 Å². The molecule has 2 nitrogen and oxygen atoms in total. The molecular weight excluding hydrogens is 357 g/mol. The van der Waals surface area contributed by atoms with Gasteiger partial charge in [0.2, 0.25) is 11.6 Å². The maximum atomic E-state index is 13.6. The lowest BCUT2D eigenvalue weighted by atomic mass is 10.1.